The molecule has 1 aromatic rings. The lowest BCUT2D eigenvalue weighted by Crippen LogP contribution is -2.31. The normalized spacial score (nSPS) is 13.1. The van der Waals surface area contributed by atoms with E-state index < -0.39 is 10.2 Å². The van der Waals surface area contributed by atoms with Crippen LogP contribution in [0.25, 0.3) is 0 Å². The van der Waals surface area contributed by atoms with Gasteiger partial charge in [0.25, 0.3) is 10.2 Å². The molecule has 0 saturated carbocycles. The smallest absolute Gasteiger partial charge is 0.296 e. The molecule has 0 fully saturated rings. The molecule has 0 spiro atoms. The van der Waals surface area contributed by atoms with Crippen LogP contribution in [0, 0.1) is 5.92 Å². The minimum Gasteiger partial charge on any atom is -0.327 e. The molecule has 1 atom stereocenters. The molecule has 8 heteroatoms. The predicted octanol–water partition coefficient (Wildman–Crippen LogP) is 0.614. The van der Waals surface area contributed by atoms with Gasteiger partial charge in [0, 0.05) is 18.2 Å². The summed E-state index contributed by atoms with van der Waals surface area (Å²) < 4.78 is 24.0. The highest BCUT2D eigenvalue weighted by Gasteiger charge is 2.13. The number of nitrogens with two attached hydrogens (primary N) is 2. The van der Waals surface area contributed by atoms with Gasteiger partial charge in [-0.25, -0.2) is 5.14 Å². The van der Waals surface area contributed by atoms with E-state index in [0.717, 1.165) is 0 Å². The maximum Gasteiger partial charge on any atom is 0.296 e. The first kappa shape index (κ1) is 16.4. The van der Waals surface area contributed by atoms with E-state index in [1.165, 1.54) is 12.1 Å². The fourth-order valence-corrected chi connectivity index (χ4v) is 1.94. The first-order chi connectivity index (χ1) is 9.17. The number of anilines is 2. The summed E-state index contributed by atoms with van der Waals surface area (Å²) in [6.07, 6.45) is 0.199. The highest BCUT2D eigenvalue weighted by atomic mass is 32.2. The summed E-state index contributed by atoms with van der Waals surface area (Å²) in [6.45, 7) is 3.88. The SMILES string of the molecule is CC(C)C(N)CC(=O)Nc1cccc(NS(N)(=O)=O)c1. The van der Waals surface area contributed by atoms with E-state index >= 15 is 0 Å². The Morgan fingerprint density at radius 3 is 2.45 bits per heavy atom. The van der Waals surface area contributed by atoms with Crippen LogP contribution in [0.5, 0.6) is 0 Å². The van der Waals surface area contributed by atoms with Crippen LogP contribution < -0.4 is 20.9 Å². The third-order valence-corrected chi connectivity index (χ3v) is 3.20. The van der Waals surface area contributed by atoms with Gasteiger partial charge in [0.15, 0.2) is 0 Å². The molecule has 0 aliphatic rings. The zero-order valence-corrected chi connectivity index (χ0v) is 12.3. The van der Waals surface area contributed by atoms with E-state index in [-0.39, 0.29) is 30.0 Å². The Morgan fingerprint density at radius 1 is 1.30 bits per heavy atom. The van der Waals surface area contributed by atoms with Gasteiger partial charge in [0.05, 0.1) is 5.69 Å². The Hall–Kier alpha value is -1.64. The van der Waals surface area contributed by atoms with Crippen molar-refractivity contribution in [1.29, 1.82) is 0 Å². The zero-order valence-electron chi connectivity index (χ0n) is 11.5. The maximum atomic E-state index is 11.8. The van der Waals surface area contributed by atoms with Gasteiger partial charge >= 0.3 is 0 Å². The van der Waals surface area contributed by atoms with E-state index in [2.05, 4.69) is 10.0 Å². The number of rotatable bonds is 6. The molecule has 0 bridgehead atoms. The van der Waals surface area contributed by atoms with Crippen LogP contribution >= 0.6 is 0 Å². The quantitative estimate of drug-likeness (QED) is 0.613. The molecule has 1 unspecified atom stereocenters. The number of hydrogen-bond acceptors (Lipinski definition) is 4. The maximum absolute atomic E-state index is 11.8. The lowest BCUT2D eigenvalue weighted by atomic mass is 10.0. The van der Waals surface area contributed by atoms with Crippen LogP contribution in [0.4, 0.5) is 11.4 Å². The van der Waals surface area contributed by atoms with Crippen molar-refractivity contribution in [3.63, 3.8) is 0 Å². The molecule has 6 N–H and O–H groups in total. The lowest BCUT2D eigenvalue weighted by molar-refractivity contribution is -0.116. The topological polar surface area (TPSA) is 127 Å². The van der Waals surface area contributed by atoms with Crippen LogP contribution in [-0.4, -0.2) is 20.4 Å². The number of carbonyl (C=O) groups excluding carboxylic acids is 1. The third-order valence-electron chi connectivity index (χ3n) is 2.68. The fraction of sp³-hybridized carbons (Fsp3) is 0.417. The summed E-state index contributed by atoms with van der Waals surface area (Å²) >= 11 is 0. The summed E-state index contributed by atoms with van der Waals surface area (Å²) in [5.74, 6) is -0.0184. The highest BCUT2D eigenvalue weighted by Crippen LogP contribution is 2.16. The van der Waals surface area contributed by atoms with Crippen molar-refractivity contribution in [1.82, 2.24) is 0 Å². The zero-order chi connectivity index (χ0) is 15.3. The molecule has 0 aliphatic heterocycles. The van der Waals surface area contributed by atoms with E-state index in [1.807, 2.05) is 13.8 Å². The second kappa shape index (κ2) is 6.69. The van der Waals surface area contributed by atoms with Crippen LogP contribution in [-0.2, 0) is 15.0 Å². The molecule has 0 saturated heterocycles. The first-order valence-corrected chi connectivity index (χ1v) is 7.68. The number of nitrogens with one attached hydrogen (secondary N) is 2. The van der Waals surface area contributed by atoms with Crippen molar-refractivity contribution in [2.45, 2.75) is 26.3 Å². The second-order valence-electron chi connectivity index (χ2n) is 4.89. The Morgan fingerprint density at radius 2 is 1.90 bits per heavy atom. The molecule has 1 amide bonds. The van der Waals surface area contributed by atoms with E-state index in [0.29, 0.717) is 5.69 Å². The summed E-state index contributed by atoms with van der Waals surface area (Å²) in [7, 11) is -3.84. The Balaban J connectivity index is 2.69. The number of benzene rings is 1. The van der Waals surface area contributed by atoms with Crippen molar-refractivity contribution in [2.24, 2.45) is 16.8 Å². The van der Waals surface area contributed by atoms with E-state index in [4.69, 9.17) is 10.9 Å². The molecule has 0 aliphatic carbocycles. The molecule has 0 heterocycles. The fourth-order valence-electron chi connectivity index (χ4n) is 1.49. The van der Waals surface area contributed by atoms with Crippen molar-refractivity contribution in [2.75, 3.05) is 10.0 Å². The summed E-state index contributed by atoms with van der Waals surface area (Å²) in [5, 5.41) is 7.53. The van der Waals surface area contributed by atoms with Crippen LogP contribution in [0.2, 0.25) is 0 Å². The van der Waals surface area contributed by atoms with Crippen molar-refractivity contribution in [3.05, 3.63) is 24.3 Å². The Labute approximate surface area is 118 Å². The van der Waals surface area contributed by atoms with Crippen molar-refractivity contribution >= 4 is 27.5 Å². The highest BCUT2D eigenvalue weighted by molar-refractivity contribution is 7.90. The molecule has 0 radical (unpaired) electrons. The number of hydrogen-bond donors (Lipinski definition) is 4. The molecule has 0 aromatic heterocycles. The van der Waals surface area contributed by atoms with Crippen molar-refractivity contribution < 1.29 is 13.2 Å². The first-order valence-electron chi connectivity index (χ1n) is 6.13. The minimum absolute atomic E-state index is 0.199. The molecule has 112 valence electrons. The van der Waals surface area contributed by atoms with Crippen LogP contribution in [0.3, 0.4) is 0 Å². The number of amides is 1. The van der Waals surface area contributed by atoms with Gasteiger partial charge in [0.2, 0.25) is 5.91 Å². The van der Waals surface area contributed by atoms with Gasteiger partial charge in [-0.05, 0) is 24.1 Å². The van der Waals surface area contributed by atoms with E-state index in [9.17, 15) is 13.2 Å². The van der Waals surface area contributed by atoms with Gasteiger partial charge in [-0.1, -0.05) is 19.9 Å². The van der Waals surface area contributed by atoms with E-state index in [1.54, 1.807) is 12.1 Å². The molecule has 7 nitrogen and oxygen atoms in total. The Bertz CT molecular complexity index is 572. The molecular formula is C12H20N4O3S. The van der Waals surface area contributed by atoms with Gasteiger partial charge in [-0.2, -0.15) is 8.42 Å². The predicted molar refractivity (Wildman–Crippen MR) is 79.2 cm³/mol. The molecule has 20 heavy (non-hydrogen) atoms. The summed E-state index contributed by atoms with van der Waals surface area (Å²) in [6, 6.07) is 6.03. The Kier molecular flexibility index (Phi) is 5.49. The summed E-state index contributed by atoms with van der Waals surface area (Å²) in [5.41, 5.74) is 6.56. The number of carbonyl (C=O) groups is 1. The van der Waals surface area contributed by atoms with Gasteiger partial charge in [0.1, 0.15) is 0 Å². The van der Waals surface area contributed by atoms with Gasteiger partial charge < -0.3 is 11.1 Å². The van der Waals surface area contributed by atoms with Crippen LogP contribution in [0.15, 0.2) is 24.3 Å². The monoisotopic (exact) mass is 300 g/mol. The minimum atomic E-state index is -3.84. The molecule has 1 rings (SSSR count). The molecule has 1 aromatic carbocycles. The summed E-state index contributed by atoms with van der Waals surface area (Å²) in [4.78, 5) is 11.8. The standard InChI is InChI=1S/C12H20N4O3S/c1-8(2)11(13)7-12(17)15-9-4-3-5-10(6-9)16-20(14,18)19/h3-6,8,11,16H,7,13H2,1-2H3,(H,15,17)(H2,14,18,19). The van der Waals surface area contributed by atoms with Gasteiger partial charge in [-0.15, -0.1) is 0 Å². The molecular weight excluding hydrogens is 280 g/mol. The van der Waals surface area contributed by atoms with Crippen molar-refractivity contribution in [3.8, 4) is 0 Å². The third kappa shape index (κ3) is 6.00. The largest absolute Gasteiger partial charge is 0.327 e. The second-order valence-corrected chi connectivity index (χ2v) is 6.18. The van der Waals surface area contributed by atoms with Crippen LogP contribution in [0.1, 0.15) is 20.3 Å². The van der Waals surface area contributed by atoms with Gasteiger partial charge in [-0.3, -0.25) is 9.52 Å². The lowest BCUT2D eigenvalue weighted by Gasteiger charge is -2.15. The average molecular weight is 300 g/mol. The average Bonchev–Trinajstić information content (AvgIpc) is 2.26.